The summed E-state index contributed by atoms with van der Waals surface area (Å²) in [6.45, 7) is 3.14. The van der Waals surface area contributed by atoms with Crippen molar-refractivity contribution in [2.24, 2.45) is 5.92 Å². The second-order valence-corrected chi connectivity index (χ2v) is 3.91. The minimum atomic E-state index is -0.745. The third kappa shape index (κ3) is 3.36. The Bertz CT molecular complexity index is 227. The van der Waals surface area contributed by atoms with Gasteiger partial charge in [-0.05, 0) is 25.2 Å². The van der Waals surface area contributed by atoms with E-state index in [0.29, 0.717) is 12.3 Å². The molecule has 0 aliphatic carbocycles. The van der Waals surface area contributed by atoms with Gasteiger partial charge in [-0.2, -0.15) is 0 Å². The molecule has 1 atom stereocenters. The third-order valence-electron chi connectivity index (χ3n) is 2.73. The van der Waals surface area contributed by atoms with Gasteiger partial charge in [0.2, 0.25) is 5.91 Å². The number of hydrogen-bond acceptors (Lipinski definition) is 2. The van der Waals surface area contributed by atoms with E-state index in [9.17, 15) is 9.59 Å². The number of carboxylic acid groups (broad SMARTS) is 1. The van der Waals surface area contributed by atoms with Crippen LogP contribution in [0.3, 0.4) is 0 Å². The normalized spacial score (nSPS) is 22.1. The lowest BCUT2D eigenvalue weighted by Gasteiger charge is -2.31. The Kier molecular flexibility index (Phi) is 3.92. The molecule has 1 heterocycles. The van der Waals surface area contributed by atoms with Crippen molar-refractivity contribution in [1.29, 1.82) is 0 Å². The van der Waals surface area contributed by atoms with Crippen LogP contribution in [-0.2, 0) is 9.59 Å². The van der Waals surface area contributed by atoms with Crippen molar-refractivity contribution >= 4 is 11.9 Å². The monoisotopic (exact) mass is 199 g/mol. The molecule has 4 nitrogen and oxygen atoms in total. The van der Waals surface area contributed by atoms with Crippen LogP contribution in [0.15, 0.2) is 0 Å². The lowest BCUT2D eigenvalue weighted by atomic mass is 9.93. The number of carbonyl (C=O) groups is 2. The van der Waals surface area contributed by atoms with Gasteiger partial charge in [-0.1, -0.05) is 0 Å². The van der Waals surface area contributed by atoms with Crippen molar-refractivity contribution in [2.75, 3.05) is 13.1 Å². The number of likely N-dealkylation sites (tertiary alicyclic amines) is 1. The fourth-order valence-corrected chi connectivity index (χ4v) is 1.91. The number of carboxylic acids is 1. The van der Waals surface area contributed by atoms with Crippen molar-refractivity contribution in [3.8, 4) is 0 Å². The van der Waals surface area contributed by atoms with E-state index in [4.69, 9.17) is 5.11 Å². The molecule has 0 aromatic rings. The Balaban J connectivity index is 2.32. The van der Waals surface area contributed by atoms with E-state index < -0.39 is 5.97 Å². The van der Waals surface area contributed by atoms with Gasteiger partial charge < -0.3 is 10.0 Å². The van der Waals surface area contributed by atoms with Gasteiger partial charge in [0.1, 0.15) is 0 Å². The summed E-state index contributed by atoms with van der Waals surface area (Å²) in [6.07, 6.45) is 2.97. The fourth-order valence-electron chi connectivity index (χ4n) is 1.91. The van der Waals surface area contributed by atoms with Gasteiger partial charge in [0, 0.05) is 26.4 Å². The molecule has 0 aromatic heterocycles. The molecule has 1 saturated heterocycles. The zero-order valence-electron chi connectivity index (χ0n) is 8.53. The van der Waals surface area contributed by atoms with Crippen molar-refractivity contribution in [3.63, 3.8) is 0 Å². The molecule has 1 amide bonds. The second kappa shape index (κ2) is 4.98. The van der Waals surface area contributed by atoms with E-state index in [1.165, 1.54) is 0 Å². The van der Waals surface area contributed by atoms with Crippen LogP contribution in [0, 0.1) is 5.92 Å². The maximum absolute atomic E-state index is 11.1. The minimum Gasteiger partial charge on any atom is -0.481 e. The number of rotatable bonds is 3. The van der Waals surface area contributed by atoms with Crippen molar-refractivity contribution in [1.82, 2.24) is 4.90 Å². The van der Waals surface area contributed by atoms with E-state index in [0.717, 1.165) is 25.9 Å². The number of nitrogens with zero attached hydrogens (tertiary/aromatic N) is 1. The molecule has 0 unspecified atom stereocenters. The average molecular weight is 199 g/mol. The smallest absolute Gasteiger partial charge is 0.303 e. The first-order valence-corrected chi connectivity index (χ1v) is 5.07. The predicted octanol–water partition coefficient (Wildman–Crippen LogP) is 1.11. The molecule has 1 N–H and O–H groups in total. The van der Waals surface area contributed by atoms with E-state index in [2.05, 4.69) is 0 Å². The highest BCUT2D eigenvalue weighted by atomic mass is 16.4. The number of amides is 1. The molecule has 14 heavy (non-hydrogen) atoms. The van der Waals surface area contributed by atoms with Crippen LogP contribution in [0.2, 0.25) is 0 Å². The minimum absolute atomic E-state index is 0.102. The molecule has 80 valence electrons. The molecule has 1 aliphatic heterocycles. The molecule has 0 aromatic carbocycles. The van der Waals surface area contributed by atoms with Crippen LogP contribution < -0.4 is 0 Å². The summed E-state index contributed by atoms with van der Waals surface area (Å²) in [5.41, 5.74) is 0. The topological polar surface area (TPSA) is 57.6 Å². The van der Waals surface area contributed by atoms with Crippen LogP contribution in [0.4, 0.5) is 0 Å². The van der Waals surface area contributed by atoms with Crippen LogP contribution in [-0.4, -0.2) is 35.0 Å². The van der Waals surface area contributed by atoms with Crippen LogP contribution in [0.1, 0.15) is 32.6 Å². The average Bonchev–Trinajstić information content (AvgIpc) is 2.15. The molecule has 1 fully saturated rings. The first-order valence-electron chi connectivity index (χ1n) is 5.07. The molecule has 1 rings (SSSR count). The maximum Gasteiger partial charge on any atom is 0.303 e. The summed E-state index contributed by atoms with van der Waals surface area (Å²) in [4.78, 5) is 23.3. The molecular weight excluding hydrogens is 182 g/mol. The maximum atomic E-state index is 11.1. The Hall–Kier alpha value is -1.06. The zero-order chi connectivity index (χ0) is 10.6. The highest BCUT2D eigenvalue weighted by Gasteiger charge is 2.21. The Labute approximate surface area is 83.9 Å². The van der Waals surface area contributed by atoms with Crippen LogP contribution >= 0.6 is 0 Å². The number of hydrogen-bond donors (Lipinski definition) is 1. The molecule has 0 spiro atoms. The molecule has 0 saturated carbocycles. The lowest BCUT2D eigenvalue weighted by molar-refractivity contribution is -0.137. The van der Waals surface area contributed by atoms with Crippen LogP contribution in [0.5, 0.6) is 0 Å². The standard InChI is InChI=1S/C10H17NO3/c1-8(12)11-6-2-3-9(7-11)4-5-10(13)14/h9H,2-7H2,1H3,(H,13,14)/t9-/m0/s1. The number of aliphatic carboxylic acids is 1. The SMILES string of the molecule is CC(=O)N1CCC[C@@H](CCC(=O)O)C1. The summed E-state index contributed by atoms with van der Waals surface area (Å²) in [5, 5.41) is 8.54. The van der Waals surface area contributed by atoms with Gasteiger partial charge in [-0.3, -0.25) is 9.59 Å². The number of carbonyl (C=O) groups excluding carboxylic acids is 1. The van der Waals surface area contributed by atoms with E-state index >= 15 is 0 Å². The highest BCUT2D eigenvalue weighted by molar-refractivity contribution is 5.73. The largest absolute Gasteiger partial charge is 0.481 e. The molecule has 4 heteroatoms. The van der Waals surface area contributed by atoms with Crippen molar-refractivity contribution in [3.05, 3.63) is 0 Å². The third-order valence-corrected chi connectivity index (χ3v) is 2.73. The molecule has 1 aliphatic rings. The molecular formula is C10H17NO3. The Morgan fingerprint density at radius 3 is 2.79 bits per heavy atom. The fraction of sp³-hybridized carbons (Fsp3) is 0.800. The summed E-state index contributed by atoms with van der Waals surface area (Å²) >= 11 is 0. The van der Waals surface area contributed by atoms with Crippen molar-refractivity contribution < 1.29 is 14.7 Å². The predicted molar refractivity (Wildman–Crippen MR) is 51.8 cm³/mol. The quantitative estimate of drug-likeness (QED) is 0.740. The summed E-state index contributed by atoms with van der Waals surface area (Å²) in [7, 11) is 0. The molecule has 0 radical (unpaired) electrons. The van der Waals surface area contributed by atoms with Gasteiger partial charge in [0.25, 0.3) is 0 Å². The van der Waals surface area contributed by atoms with Gasteiger partial charge in [-0.25, -0.2) is 0 Å². The van der Waals surface area contributed by atoms with Gasteiger partial charge in [0.15, 0.2) is 0 Å². The second-order valence-electron chi connectivity index (χ2n) is 3.91. The summed E-state index contributed by atoms with van der Waals surface area (Å²) in [5.74, 6) is -0.265. The van der Waals surface area contributed by atoms with Crippen LogP contribution in [0.25, 0.3) is 0 Å². The van der Waals surface area contributed by atoms with Crippen molar-refractivity contribution in [2.45, 2.75) is 32.6 Å². The summed E-state index contributed by atoms with van der Waals surface area (Å²) < 4.78 is 0. The van der Waals surface area contributed by atoms with Gasteiger partial charge in [-0.15, -0.1) is 0 Å². The number of piperidine rings is 1. The molecule has 0 bridgehead atoms. The highest BCUT2D eigenvalue weighted by Crippen LogP contribution is 2.20. The van der Waals surface area contributed by atoms with E-state index in [1.807, 2.05) is 4.90 Å². The Morgan fingerprint density at radius 1 is 1.50 bits per heavy atom. The van der Waals surface area contributed by atoms with Gasteiger partial charge >= 0.3 is 5.97 Å². The lowest BCUT2D eigenvalue weighted by Crippen LogP contribution is -2.38. The van der Waals surface area contributed by atoms with Gasteiger partial charge in [0.05, 0.1) is 0 Å². The zero-order valence-corrected chi connectivity index (χ0v) is 8.53. The van der Waals surface area contributed by atoms with E-state index in [-0.39, 0.29) is 12.3 Å². The first kappa shape index (κ1) is 11.0. The Morgan fingerprint density at radius 2 is 2.21 bits per heavy atom. The van der Waals surface area contributed by atoms with E-state index in [1.54, 1.807) is 6.92 Å². The summed E-state index contributed by atoms with van der Waals surface area (Å²) in [6, 6.07) is 0. The first-order chi connectivity index (χ1) is 6.59.